The normalized spacial score (nSPS) is 29.5. The highest BCUT2D eigenvalue weighted by atomic mass is 31.1. The van der Waals surface area contributed by atoms with E-state index in [1.807, 2.05) is 0 Å². The third-order valence-electron chi connectivity index (χ3n) is 4.93. The molecular weight excluding hydrogens is 247 g/mol. The van der Waals surface area contributed by atoms with Crippen LogP contribution in [-0.4, -0.2) is 12.3 Å². The molecule has 0 nitrogen and oxygen atoms in total. The molecule has 0 heterocycles. The quantitative estimate of drug-likeness (QED) is 0.666. The molecule has 1 aromatic rings. The van der Waals surface area contributed by atoms with Crippen molar-refractivity contribution in [3.63, 3.8) is 0 Å². The third kappa shape index (κ3) is 3.60. The molecule has 1 aliphatic carbocycles. The van der Waals surface area contributed by atoms with E-state index in [1.54, 1.807) is 5.30 Å². The van der Waals surface area contributed by atoms with Gasteiger partial charge in [-0.3, -0.25) is 0 Å². The zero-order valence-electron chi connectivity index (χ0n) is 13.2. The third-order valence-corrected chi connectivity index (χ3v) is 7.63. The molecule has 1 heteroatoms. The molecule has 0 aliphatic heterocycles. The summed E-state index contributed by atoms with van der Waals surface area (Å²) in [4.78, 5) is 0. The first-order chi connectivity index (χ1) is 8.99. The highest BCUT2D eigenvalue weighted by Crippen LogP contribution is 2.50. The lowest BCUT2D eigenvalue weighted by Gasteiger charge is -2.41. The summed E-state index contributed by atoms with van der Waals surface area (Å²) in [6.07, 6.45) is 4.33. The summed E-state index contributed by atoms with van der Waals surface area (Å²) in [7, 11) is -0.00460. The fourth-order valence-electron chi connectivity index (χ4n) is 3.57. The molecule has 4 unspecified atom stereocenters. The summed E-state index contributed by atoms with van der Waals surface area (Å²) >= 11 is 0. The van der Waals surface area contributed by atoms with Gasteiger partial charge in [-0.2, -0.15) is 0 Å². The lowest BCUT2D eigenvalue weighted by molar-refractivity contribution is 0.242. The highest BCUT2D eigenvalue weighted by Gasteiger charge is 2.34. The maximum atomic E-state index is 2.51. The molecule has 0 bridgehead atoms. The van der Waals surface area contributed by atoms with Gasteiger partial charge in [0.1, 0.15) is 0 Å². The molecule has 0 amide bonds. The smallest absolute Gasteiger partial charge is 0.0138 e. The summed E-state index contributed by atoms with van der Waals surface area (Å²) in [5, 5.41) is 1.60. The molecule has 106 valence electrons. The molecular formula is C18H29P. The average molecular weight is 276 g/mol. The SMILES string of the molecule is Cc1ccc(P(C)C2CC(C)CCC2C(C)C)cc1. The Morgan fingerprint density at radius 3 is 2.32 bits per heavy atom. The number of rotatable bonds is 3. The summed E-state index contributed by atoms with van der Waals surface area (Å²) in [6.45, 7) is 12.0. The first-order valence-electron chi connectivity index (χ1n) is 7.78. The topological polar surface area (TPSA) is 0 Å². The van der Waals surface area contributed by atoms with Gasteiger partial charge in [-0.05, 0) is 55.1 Å². The average Bonchev–Trinajstić information content (AvgIpc) is 2.38. The van der Waals surface area contributed by atoms with Crippen LogP contribution in [0.2, 0.25) is 0 Å². The van der Waals surface area contributed by atoms with Crippen LogP contribution in [0.25, 0.3) is 0 Å². The minimum atomic E-state index is -0.00460. The van der Waals surface area contributed by atoms with Crippen molar-refractivity contribution in [3.8, 4) is 0 Å². The van der Waals surface area contributed by atoms with Crippen molar-refractivity contribution >= 4 is 13.2 Å². The van der Waals surface area contributed by atoms with E-state index in [-0.39, 0.29) is 7.92 Å². The van der Waals surface area contributed by atoms with Gasteiger partial charge in [0.15, 0.2) is 0 Å². The van der Waals surface area contributed by atoms with Crippen LogP contribution in [-0.2, 0) is 0 Å². The van der Waals surface area contributed by atoms with Gasteiger partial charge in [-0.1, -0.05) is 64.9 Å². The molecule has 0 spiro atoms. The van der Waals surface area contributed by atoms with Crippen LogP contribution < -0.4 is 5.30 Å². The fraction of sp³-hybridized carbons (Fsp3) is 0.667. The number of hydrogen-bond donors (Lipinski definition) is 0. The minimum Gasteiger partial charge on any atom is -0.0750 e. The summed E-state index contributed by atoms with van der Waals surface area (Å²) in [6, 6.07) is 9.31. The van der Waals surface area contributed by atoms with Gasteiger partial charge in [0, 0.05) is 0 Å². The van der Waals surface area contributed by atoms with Gasteiger partial charge in [0.05, 0.1) is 0 Å². The Morgan fingerprint density at radius 1 is 1.11 bits per heavy atom. The second kappa shape index (κ2) is 6.40. The highest BCUT2D eigenvalue weighted by molar-refractivity contribution is 7.65. The van der Waals surface area contributed by atoms with Crippen LogP contribution in [0.15, 0.2) is 24.3 Å². The predicted molar refractivity (Wildman–Crippen MR) is 88.8 cm³/mol. The molecule has 0 radical (unpaired) electrons. The maximum absolute atomic E-state index is 2.51. The van der Waals surface area contributed by atoms with Crippen LogP contribution in [0, 0.1) is 24.7 Å². The van der Waals surface area contributed by atoms with Gasteiger partial charge >= 0.3 is 0 Å². The van der Waals surface area contributed by atoms with Crippen molar-refractivity contribution in [2.75, 3.05) is 6.66 Å². The van der Waals surface area contributed by atoms with Crippen molar-refractivity contribution in [1.29, 1.82) is 0 Å². The van der Waals surface area contributed by atoms with E-state index in [2.05, 4.69) is 58.6 Å². The minimum absolute atomic E-state index is 0.00460. The zero-order valence-corrected chi connectivity index (χ0v) is 14.1. The van der Waals surface area contributed by atoms with Gasteiger partial charge in [0.25, 0.3) is 0 Å². The standard InChI is InChI=1S/C18H29P/c1-13(2)17-11-8-15(4)12-18(17)19(5)16-9-6-14(3)7-10-16/h6-7,9-10,13,15,17-18H,8,11-12H2,1-5H3. The van der Waals surface area contributed by atoms with E-state index in [0.29, 0.717) is 0 Å². The molecule has 0 N–H and O–H groups in total. The molecule has 1 saturated carbocycles. The van der Waals surface area contributed by atoms with Gasteiger partial charge < -0.3 is 0 Å². The molecule has 0 aromatic heterocycles. The number of hydrogen-bond acceptors (Lipinski definition) is 0. The lowest BCUT2D eigenvalue weighted by atomic mass is 9.77. The van der Waals surface area contributed by atoms with E-state index in [0.717, 1.165) is 23.4 Å². The van der Waals surface area contributed by atoms with Crippen LogP contribution in [0.1, 0.15) is 45.6 Å². The van der Waals surface area contributed by atoms with Gasteiger partial charge in [-0.25, -0.2) is 0 Å². The first-order valence-corrected chi connectivity index (χ1v) is 9.64. The predicted octanol–water partition coefficient (Wildman–Crippen LogP) is 5.19. The van der Waals surface area contributed by atoms with Crippen molar-refractivity contribution in [1.82, 2.24) is 0 Å². The summed E-state index contributed by atoms with van der Waals surface area (Å²) in [5.74, 6) is 2.71. The Morgan fingerprint density at radius 2 is 1.74 bits per heavy atom. The van der Waals surface area contributed by atoms with Crippen molar-refractivity contribution in [2.45, 2.75) is 52.6 Å². The summed E-state index contributed by atoms with van der Waals surface area (Å²) < 4.78 is 0. The largest absolute Gasteiger partial charge is 0.0750 e. The van der Waals surface area contributed by atoms with Crippen molar-refractivity contribution in [3.05, 3.63) is 29.8 Å². The Balaban J connectivity index is 2.18. The molecule has 4 atom stereocenters. The molecule has 1 fully saturated rings. The van der Waals surface area contributed by atoms with Crippen LogP contribution in [0.3, 0.4) is 0 Å². The van der Waals surface area contributed by atoms with Crippen LogP contribution in [0.5, 0.6) is 0 Å². The number of aryl methyl sites for hydroxylation is 1. The number of benzene rings is 1. The van der Waals surface area contributed by atoms with E-state index >= 15 is 0 Å². The van der Waals surface area contributed by atoms with Crippen molar-refractivity contribution < 1.29 is 0 Å². The molecule has 0 saturated heterocycles. The van der Waals surface area contributed by atoms with Crippen LogP contribution in [0.4, 0.5) is 0 Å². The maximum Gasteiger partial charge on any atom is -0.0138 e. The molecule has 1 aliphatic rings. The van der Waals surface area contributed by atoms with E-state index < -0.39 is 0 Å². The molecule has 19 heavy (non-hydrogen) atoms. The summed E-state index contributed by atoms with van der Waals surface area (Å²) in [5.41, 5.74) is 2.31. The Bertz CT molecular complexity index is 393. The van der Waals surface area contributed by atoms with Crippen molar-refractivity contribution in [2.24, 2.45) is 17.8 Å². The first kappa shape index (κ1) is 15.0. The van der Waals surface area contributed by atoms with E-state index in [1.165, 1.54) is 24.8 Å². The second-order valence-corrected chi connectivity index (χ2v) is 9.24. The zero-order chi connectivity index (χ0) is 14.0. The van der Waals surface area contributed by atoms with E-state index in [4.69, 9.17) is 0 Å². The van der Waals surface area contributed by atoms with Gasteiger partial charge in [0.2, 0.25) is 0 Å². The van der Waals surface area contributed by atoms with E-state index in [9.17, 15) is 0 Å². The van der Waals surface area contributed by atoms with Gasteiger partial charge in [-0.15, -0.1) is 0 Å². The Hall–Kier alpha value is -0.350. The fourth-order valence-corrected chi connectivity index (χ4v) is 6.31. The second-order valence-electron chi connectivity index (χ2n) is 6.84. The lowest BCUT2D eigenvalue weighted by Crippen LogP contribution is -2.32. The Kier molecular flexibility index (Phi) is 5.07. The monoisotopic (exact) mass is 276 g/mol. The molecule has 2 rings (SSSR count). The molecule has 1 aromatic carbocycles. The van der Waals surface area contributed by atoms with Crippen LogP contribution >= 0.6 is 7.92 Å². The Labute approximate surface area is 120 Å².